The molecule has 24 heavy (non-hydrogen) atoms. The molecule has 2 rings (SSSR count). The summed E-state index contributed by atoms with van der Waals surface area (Å²) >= 11 is 0. The molecule has 1 fully saturated rings. The van der Waals surface area contributed by atoms with Gasteiger partial charge in [0.2, 0.25) is 5.91 Å². The van der Waals surface area contributed by atoms with Crippen molar-refractivity contribution in [2.75, 3.05) is 33.2 Å². The van der Waals surface area contributed by atoms with Gasteiger partial charge in [-0.2, -0.15) is 0 Å². The molecule has 1 saturated heterocycles. The zero-order valence-electron chi connectivity index (χ0n) is 14.6. The van der Waals surface area contributed by atoms with Crippen LogP contribution in [0.25, 0.3) is 0 Å². The molecule has 1 unspecified atom stereocenters. The Hall–Kier alpha value is -1.17. The van der Waals surface area contributed by atoms with Crippen molar-refractivity contribution in [2.24, 2.45) is 5.92 Å². The predicted octanol–water partition coefficient (Wildman–Crippen LogP) is 2.75. The summed E-state index contributed by atoms with van der Waals surface area (Å²) in [7, 11) is 1.99. The van der Waals surface area contributed by atoms with Crippen molar-refractivity contribution in [1.82, 2.24) is 15.5 Å². The lowest BCUT2D eigenvalue weighted by Crippen LogP contribution is -2.42. The third-order valence-corrected chi connectivity index (χ3v) is 4.62. The van der Waals surface area contributed by atoms with E-state index in [9.17, 15) is 9.18 Å². The van der Waals surface area contributed by atoms with E-state index >= 15 is 0 Å². The molecular weight excluding hydrogens is 329 g/mol. The summed E-state index contributed by atoms with van der Waals surface area (Å²) in [5.41, 5.74) is 0.922. The highest BCUT2D eigenvalue weighted by molar-refractivity contribution is 5.85. The van der Waals surface area contributed by atoms with Gasteiger partial charge >= 0.3 is 0 Å². The van der Waals surface area contributed by atoms with Gasteiger partial charge in [0.15, 0.2) is 0 Å². The Morgan fingerprint density at radius 2 is 1.92 bits per heavy atom. The number of halogens is 2. The van der Waals surface area contributed by atoms with Crippen LogP contribution in [0, 0.1) is 11.7 Å². The summed E-state index contributed by atoms with van der Waals surface area (Å²) < 4.78 is 12.9. The van der Waals surface area contributed by atoms with Gasteiger partial charge in [0, 0.05) is 0 Å². The molecule has 0 saturated carbocycles. The molecule has 0 aromatic heterocycles. The molecule has 0 spiro atoms. The topological polar surface area (TPSA) is 44.4 Å². The fourth-order valence-electron chi connectivity index (χ4n) is 3.11. The Bertz CT molecular complexity index is 490. The van der Waals surface area contributed by atoms with Crippen LogP contribution < -0.4 is 10.6 Å². The first kappa shape index (κ1) is 20.9. The van der Waals surface area contributed by atoms with Gasteiger partial charge in [0.1, 0.15) is 5.82 Å². The Labute approximate surface area is 150 Å². The molecule has 136 valence electrons. The Kier molecular flexibility index (Phi) is 9.26. The molecule has 1 heterocycles. The first-order valence-electron chi connectivity index (χ1n) is 8.50. The third kappa shape index (κ3) is 6.75. The molecule has 1 aromatic rings. The Balaban J connectivity index is 0.00000288. The average Bonchev–Trinajstić information content (AvgIpc) is 2.54. The van der Waals surface area contributed by atoms with Gasteiger partial charge in [0.25, 0.3) is 0 Å². The number of nitrogens with one attached hydrogen (secondary N) is 2. The minimum absolute atomic E-state index is 0. The van der Waals surface area contributed by atoms with Crippen molar-refractivity contribution in [3.05, 3.63) is 35.6 Å². The van der Waals surface area contributed by atoms with Gasteiger partial charge in [-0.1, -0.05) is 12.1 Å². The van der Waals surface area contributed by atoms with E-state index < -0.39 is 0 Å². The number of amides is 1. The summed E-state index contributed by atoms with van der Waals surface area (Å²) in [4.78, 5) is 14.4. The normalized spacial score (nSPS) is 17.1. The third-order valence-electron chi connectivity index (χ3n) is 4.62. The van der Waals surface area contributed by atoms with Gasteiger partial charge in [-0.15, -0.1) is 12.4 Å². The number of hydrogen-bond donors (Lipinski definition) is 2. The molecule has 0 bridgehead atoms. The maximum atomic E-state index is 12.9. The minimum atomic E-state index is -0.256. The largest absolute Gasteiger partial charge is 0.348 e. The van der Waals surface area contributed by atoms with Crippen LogP contribution in [0.15, 0.2) is 24.3 Å². The van der Waals surface area contributed by atoms with Crippen LogP contribution in [-0.4, -0.2) is 44.0 Å². The number of carbonyl (C=O) groups excluding carboxylic acids is 1. The minimum Gasteiger partial charge on any atom is -0.348 e. The highest BCUT2D eigenvalue weighted by Crippen LogP contribution is 2.20. The maximum absolute atomic E-state index is 12.9. The first-order chi connectivity index (χ1) is 11.1. The van der Waals surface area contributed by atoms with Gasteiger partial charge in [-0.05, 0) is 76.5 Å². The van der Waals surface area contributed by atoms with Crippen LogP contribution in [0.2, 0.25) is 0 Å². The zero-order valence-corrected chi connectivity index (χ0v) is 15.4. The predicted molar refractivity (Wildman–Crippen MR) is 97.9 cm³/mol. The highest BCUT2D eigenvalue weighted by Gasteiger charge is 2.21. The summed E-state index contributed by atoms with van der Waals surface area (Å²) in [5, 5.41) is 6.19. The lowest BCUT2D eigenvalue weighted by atomic mass is 9.93. The van der Waals surface area contributed by atoms with E-state index in [-0.39, 0.29) is 30.2 Å². The lowest BCUT2D eigenvalue weighted by molar-refractivity contribution is -0.123. The van der Waals surface area contributed by atoms with E-state index in [0.29, 0.717) is 6.54 Å². The first-order valence-corrected chi connectivity index (χ1v) is 8.50. The zero-order chi connectivity index (χ0) is 16.7. The number of benzene rings is 1. The fraction of sp³-hybridized carbons (Fsp3) is 0.611. The smallest absolute Gasteiger partial charge is 0.234 e. The second kappa shape index (κ2) is 10.6. The SMILES string of the molecule is CNCCC1CCN(CC(=O)NC(C)c2ccc(F)cc2)CC1.Cl. The van der Waals surface area contributed by atoms with E-state index in [0.717, 1.165) is 31.1 Å². The average molecular weight is 358 g/mol. The Morgan fingerprint density at radius 3 is 2.50 bits per heavy atom. The molecule has 0 aliphatic carbocycles. The number of rotatable bonds is 7. The number of likely N-dealkylation sites (tertiary alicyclic amines) is 1. The van der Waals surface area contributed by atoms with E-state index in [4.69, 9.17) is 0 Å². The van der Waals surface area contributed by atoms with Crippen LogP contribution in [0.4, 0.5) is 4.39 Å². The lowest BCUT2D eigenvalue weighted by Gasteiger charge is -2.31. The summed E-state index contributed by atoms with van der Waals surface area (Å²) in [6, 6.07) is 6.18. The van der Waals surface area contributed by atoms with E-state index in [1.54, 1.807) is 12.1 Å². The van der Waals surface area contributed by atoms with E-state index in [1.807, 2.05) is 14.0 Å². The van der Waals surface area contributed by atoms with Crippen molar-refractivity contribution in [2.45, 2.75) is 32.2 Å². The van der Waals surface area contributed by atoms with Crippen molar-refractivity contribution >= 4 is 18.3 Å². The Morgan fingerprint density at radius 1 is 1.29 bits per heavy atom. The van der Waals surface area contributed by atoms with Crippen LogP contribution in [0.5, 0.6) is 0 Å². The highest BCUT2D eigenvalue weighted by atomic mass is 35.5. The van der Waals surface area contributed by atoms with Crippen LogP contribution in [-0.2, 0) is 4.79 Å². The van der Waals surface area contributed by atoms with E-state index in [2.05, 4.69) is 15.5 Å². The monoisotopic (exact) mass is 357 g/mol. The van der Waals surface area contributed by atoms with Crippen molar-refractivity contribution in [1.29, 1.82) is 0 Å². The maximum Gasteiger partial charge on any atom is 0.234 e. The van der Waals surface area contributed by atoms with Crippen LogP contribution >= 0.6 is 12.4 Å². The molecule has 2 N–H and O–H groups in total. The number of nitrogens with zero attached hydrogens (tertiary/aromatic N) is 1. The molecule has 1 atom stereocenters. The number of piperidine rings is 1. The van der Waals surface area contributed by atoms with Gasteiger partial charge < -0.3 is 10.6 Å². The summed E-state index contributed by atoms with van der Waals surface area (Å²) in [6.45, 7) is 5.43. The molecule has 1 aliphatic heterocycles. The van der Waals surface area contributed by atoms with Crippen LogP contribution in [0.1, 0.15) is 37.8 Å². The molecule has 1 amide bonds. The van der Waals surface area contributed by atoms with Crippen molar-refractivity contribution < 1.29 is 9.18 Å². The standard InChI is InChI=1S/C18H28FN3O.ClH/c1-14(16-3-5-17(19)6-4-16)21-18(23)13-22-11-8-15(9-12-22)7-10-20-2;/h3-6,14-15,20H,7-13H2,1-2H3,(H,21,23);1H. The second-order valence-electron chi connectivity index (χ2n) is 6.45. The van der Waals surface area contributed by atoms with E-state index in [1.165, 1.54) is 31.4 Å². The molecule has 6 heteroatoms. The second-order valence-corrected chi connectivity index (χ2v) is 6.45. The van der Waals surface area contributed by atoms with Crippen molar-refractivity contribution in [3.8, 4) is 0 Å². The molecular formula is C18H29ClFN3O. The van der Waals surface area contributed by atoms with Gasteiger partial charge in [-0.25, -0.2) is 4.39 Å². The summed E-state index contributed by atoms with van der Waals surface area (Å²) in [6.07, 6.45) is 3.56. The van der Waals surface area contributed by atoms with Gasteiger partial charge in [0.05, 0.1) is 12.6 Å². The molecule has 1 aliphatic rings. The summed E-state index contributed by atoms with van der Waals surface area (Å²) in [5.74, 6) is 0.559. The number of carbonyl (C=O) groups is 1. The molecule has 4 nitrogen and oxygen atoms in total. The quantitative estimate of drug-likeness (QED) is 0.788. The fourth-order valence-corrected chi connectivity index (χ4v) is 3.11. The molecule has 0 radical (unpaired) electrons. The van der Waals surface area contributed by atoms with Crippen LogP contribution in [0.3, 0.4) is 0 Å². The number of hydrogen-bond acceptors (Lipinski definition) is 3. The molecule has 1 aromatic carbocycles. The van der Waals surface area contributed by atoms with Crippen molar-refractivity contribution in [3.63, 3.8) is 0 Å². The van der Waals surface area contributed by atoms with Gasteiger partial charge in [-0.3, -0.25) is 9.69 Å².